The van der Waals surface area contributed by atoms with E-state index in [1.165, 1.54) is 11.3 Å². The first-order valence-electron chi connectivity index (χ1n) is 5.73. The smallest absolute Gasteiger partial charge is 0.114 e. The predicted molar refractivity (Wildman–Crippen MR) is 70.2 cm³/mol. The minimum Gasteiger partial charge on any atom is -0.302 e. The SMILES string of the molecule is Cc1c(C(NC(C)C)c2nccs2)cnn1C. The summed E-state index contributed by atoms with van der Waals surface area (Å²) in [5, 5.41) is 11.0. The molecule has 0 radical (unpaired) electrons. The van der Waals surface area contributed by atoms with Gasteiger partial charge in [0.15, 0.2) is 0 Å². The van der Waals surface area contributed by atoms with E-state index in [-0.39, 0.29) is 6.04 Å². The Bertz CT molecular complexity index is 473. The van der Waals surface area contributed by atoms with Gasteiger partial charge in [-0.2, -0.15) is 5.10 Å². The Labute approximate surface area is 106 Å². The number of thiazole rings is 1. The number of aryl methyl sites for hydroxylation is 1. The second kappa shape index (κ2) is 4.98. The molecule has 0 aromatic carbocycles. The fraction of sp³-hybridized carbons (Fsp3) is 0.500. The average Bonchev–Trinajstić information content (AvgIpc) is 2.88. The number of nitrogens with zero attached hydrogens (tertiary/aromatic N) is 3. The van der Waals surface area contributed by atoms with Crippen molar-refractivity contribution in [2.45, 2.75) is 32.9 Å². The Balaban J connectivity index is 2.37. The minimum atomic E-state index is 0.142. The molecule has 0 aliphatic heterocycles. The molecule has 4 nitrogen and oxygen atoms in total. The third-order valence-corrected chi connectivity index (χ3v) is 3.62. The van der Waals surface area contributed by atoms with Crippen LogP contribution in [0.15, 0.2) is 17.8 Å². The molecule has 92 valence electrons. The van der Waals surface area contributed by atoms with Crippen LogP contribution in [0.4, 0.5) is 0 Å². The van der Waals surface area contributed by atoms with E-state index in [1.807, 2.05) is 29.5 Å². The molecular formula is C12H18N4S. The largest absolute Gasteiger partial charge is 0.302 e. The van der Waals surface area contributed by atoms with Crippen LogP contribution in [0, 0.1) is 6.92 Å². The summed E-state index contributed by atoms with van der Waals surface area (Å²) >= 11 is 1.68. The molecule has 2 heterocycles. The number of hydrogen-bond donors (Lipinski definition) is 1. The molecule has 0 spiro atoms. The Kier molecular flexibility index (Phi) is 3.59. The van der Waals surface area contributed by atoms with Gasteiger partial charge in [-0.3, -0.25) is 4.68 Å². The summed E-state index contributed by atoms with van der Waals surface area (Å²) in [5.74, 6) is 0. The zero-order valence-electron chi connectivity index (χ0n) is 10.6. The first-order chi connectivity index (χ1) is 8.09. The van der Waals surface area contributed by atoms with E-state index in [4.69, 9.17) is 0 Å². The average molecular weight is 250 g/mol. The van der Waals surface area contributed by atoms with Crippen molar-refractivity contribution in [3.8, 4) is 0 Å². The van der Waals surface area contributed by atoms with E-state index in [1.54, 1.807) is 11.3 Å². The van der Waals surface area contributed by atoms with Gasteiger partial charge in [0.1, 0.15) is 5.01 Å². The molecule has 0 aliphatic carbocycles. The van der Waals surface area contributed by atoms with E-state index < -0.39 is 0 Å². The molecule has 17 heavy (non-hydrogen) atoms. The lowest BCUT2D eigenvalue weighted by atomic mass is 10.1. The molecule has 0 amide bonds. The van der Waals surface area contributed by atoms with Crippen LogP contribution >= 0.6 is 11.3 Å². The topological polar surface area (TPSA) is 42.7 Å². The number of hydrogen-bond acceptors (Lipinski definition) is 4. The summed E-state index contributed by atoms with van der Waals surface area (Å²) in [5.41, 5.74) is 2.38. The van der Waals surface area contributed by atoms with E-state index in [0.717, 1.165) is 5.01 Å². The van der Waals surface area contributed by atoms with Gasteiger partial charge in [-0.05, 0) is 20.8 Å². The zero-order chi connectivity index (χ0) is 12.4. The van der Waals surface area contributed by atoms with Crippen molar-refractivity contribution < 1.29 is 0 Å². The third kappa shape index (κ3) is 2.56. The van der Waals surface area contributed by atoms with Gasteiger partial charge in [-0.25, -0.2) is 4.98 Å². The van der Waals surface area contributed by atoms with Gasteiger partial charge in [0.05, 0.1) is 12.2 Å². The first-order valence-corrected chi connectivity index (χ1v) is 6.61. The summed E-state index contributed by atoms with van der Waals surface area (Å²) in [7, 11) is 1.97. The normalized spacial score (nSPS) is 13.2. The second-order valence-corrected chi connectivity index (χ2v) is 5.36. The highest BCUT2D eigenvalue weighted by Gasteiger charge is 2.21. The highest BCUT2D eigenvalue weighted by molar-refractivity contribution is 7.09. The molecule has 0 bridgehead atoms. The monoisotopic (exact) mass is 250 g/mol. The quantitative estimate of drug-likeness (QED) is 0.905. The molecule has 2 aromatic heterocycles. The maximum atomic E-state index is 4.42. The minimum absolute atomic E-state index is 0.142. The molecule has 2 rings (SSSR count). The fourth-order valence-electron chi connectivity index (χ4n) is 1.80. The van der Waals surface area contributed by atoms with E-state index in [2.05, 4.69) is 36.2 Å². The Morgan fingerprint density at radius 3 is 2.65 bits per heavy atom. The number of rotatable bonds is 4. The molecule has 0 saturated heterocycles. The lowest BCUT2D eigenvalue weighted by Crippen LogP contribution is -2.29. The van der Waals surface area contributed by atoms with Crippen molar-refractivity contribution in [1.82, 2.24) is 20.1 Å². The lowest BCUT2D eigenvalue weighted by molar-refractivity contribution is 0.524. The molecule has 1 unspecified atom stereocenters. The van der Waals surface area contributed by atoms with Gasteiger partial charge in [-0.1, -0.05) is 0 Å². The molecule has 0 aliphatic rings. The van der Waals surface area contributed by atoms with E-state index in [0.29, 0.717) is 6.04 Å². The molecule has 5 heteroatoms. The van der Waals surface area contributed by atoms with Crippen LogP contribution in [-0.2, 0) is 7.05 Å². The summed E-state index contributed by atoms with van der Waals surface area (Å²) in [4.78, 5) is 4.42. The van der Waals surface area contributed by atoms with Crippen LogP contribution in [0.1, 0.15) is 36.2 Å². The van der Waals surface area contributed by atoms with Gasteiger partial charge in [0.2, 0.25) is 0 Å². The van der Waals surface area contributed by atoms with Crippen molar-refractivity contribution in [2.75, 3.05) is 0 Å². The highest BCUT2D eigenvalue weighted by Crippen LogP contribution is 2.26. The molecule has 0 fully saturated rings. The lowest BCUT2D eigenvalue weighted by Gasteiger charge is -2.19. The molecular weight excluding hydrogens is 232 g/mol. The Morgan fingerprint density at radius 2 is 2.18 bits per heavy atom. The van der Waals surface area contributed by atoms with Crippen LogP contribution in [-0.4, -0.2) is 20.8 Å². The van der Waals surface area contributed by atoms with Crippen molar-refractivity contribution in [3.63, 3.8) is 0 Å². The maximum Gasteiger partial charge on any atom is 0.114 e. The van der Waals surface area contributed by atoms with E-state index in [9.17, 15) is 0 Å². The third-order valence-electron chi connectivity index (χ3n) is 2.78. The second-order valence-electron chi connectivity index (χ2n) is 4.43. The Hall–Kier alpha value is -1.20. The summed E-state index contributed by atoms with van der Waals surface area (Å²) in [6, 6.07) is 0.548. The zero-order valence-corrected chi connectivity index (χ0v) is 11.5. The van der Waals surface area contributed by atoms with E-state index >= 15 is 0 Å². The van der Waals surface area contributed by atoms with Crippen molar-refractivity contribution >= 4 is 11.3 Å². The molecule has 2 aromatic rings. The van der Waals surface area contributed by atoms with Gasteiger partial charge >= 0.3 is 0 Å². The van der Waals surface area contributed by atoms with Gasteiger partial charge in [-0.15, -0.1) is 11.3 Å². The summed E-state index contributed by atoms with van der Waals surface area (Å²) < 4.78 is 1.90. The maximum absolute atomic E-state index is 4.42. The predicted octanol–water partition coefficient (Wildman–Crippen LogP) is 2.27. The molecule has 1 atom stereocenters. The standard InChI is InChI=1S/C12H18N4S/c1-8(2)15-11(12-13-5-6-17-12)10-7-14-16(4)9(10)3/h5-8,11,15H,1-4H3. The van der Waals surface area contributed by atoms with Crippen LogP contribution in [0.5, 0.6) is 0 Å². The van der Waals surface area contributed by atoms with Crippen LogP contribution in [0.2, 0.25) is 0 Å². The van der Waals surface area contributed by atoms with Crippen molar-refractivity contribution in [2.24, 2.45) is 7.05 Å². The molecule has 1 N–H and O–H groups in total. The van der Waals surface area contributed by atoms with Gasteiger partial charge in [0, 0.05) is 35.9 Å². The summed E-state index contributed by atoms with van der Waals surface area (Å²) in [6.45, 7) is 6.38. The van der Waals surface area contributed by atoms with Gasteiger partial charge < -0.3 is 5.32 Å². The van der Waals surface area contributed by atoms with Crippen molar-refractivity contribution in [1.29, 1.82) is 0 Å². The Morgan fingerprint density at radius 1 is 1.41 bits per heavy atom. The molecule has 0 saturated carbocycles. The van der Waals surface area contributed by atoms with Crippen LogP contribution in [0.25, 0.3) is 0 Å². The number of nitrogens with one attached hydrogen (secondary N) is 1. The highest BCUT2D eigenvalue weighted by atomic mass is 32.1. The van der Waals surface area contributed by atoms with Crippen LogP contribution in [0.3, 0.4) is 0 Å². The first kappa shape index (κ1) is 12.3. The van der Waals surface area contributed by atoms with Gasteiger partial charge in [0.25, 0.3) is 0 Å². The fourth-order valence-corrected chi connectivity index (χ4v) is 2.52. The summed E-state index contributed by atoms with van der Waals surface area (Å²) in [6.07, 6.45) is 3.78. The van der Waals surface area contributed by atoms with Crippen LogP contribution < -0.4 is 5.32 Å². The number of aromatic nitrogens is 3. The van der Waals surface area contributed by atoms with Crippen molar-refractivity contribution in [3.05, 3.63) is 34.0 Å².